The second-order valence-electron chi connectivity index (χ2n) is 5.96. The maximum atomic E-state index is 12.4. The molecule has 2 aromatic heterocycles. The monoisotopic (exact) mass is 340 g/mol. The normalized spacial score (nSPS) is 13.8. The lowest BCUT2D eigenvalue weighted by Crippen LogP contribution is -2.18. The molecule has 1 saturated carbocycles. The zero-order valence-electron chi connectivity index (χ0n) is 13.4. The van der Waals surface area contributed by atoms with Crippen molar-refractivity contribution < 1.29 is 9.59 Å². The molecule has 0 unspecified atom stereocenters. The summed E-state index contributed by atoms with van der Waals surface area (Å²) in [4.78, 5) is 38.7. The van der Waals surface area contributed by atoms with Gasteiger partial charge in [0, 0.05) is 24.7 Å². The highest BCUT2D eigenvalue weighted by Gasteiger charge is 2.27. The molecule has 4 rings (SSSR count). The van der Waals surface area contributed by atoms with Gasteiger partial charge in [-0.1, -0.05) is 0 Å². The Hall–Kier alpha value is -3.36. The Labute approximate surface area is 141 Å². The molecule has 4 N–H and O–H groups in total. The number of rotatable bonds is 4. The van der Waals surface area contributed by atoms with Gasteiger partial charge in [-0.15, -0.1) is 0 Å². The van der Waals surface area contributed by atoms with Crippen LogP contribution >= 0.6 is 0 Å². The molecule has 1 fully saturated rings. The largest absolute Gasteiger partial charge is 0.354 e. The van der Waals surface area contributed by atoms with E-state index in [-0.39, 0.29) is 35.1 Å². The van der Waals surface area contributed by atoms with Crippen molar-refractivity contribution in [1.82, 2.24) is 25.1 Å². The standard InChI is InChI=1S/C16H16N6O3/c1-17-15(24)11-7-13(21-20-11)19-14(23)8-2-5-12-10(6-8)18-16(25)22(12)9-3-4-9/h2,5-7,9H,3-4H2,1H3,(H,17,24)(H,18,25)(H2,19,20,21,23). The van der Waals surface area contributed by atoms with Crippen molar-refractivity contribution in [2.24, 2.45) is 0 Å². The topological polar surface area (TPSA) is 125 Å². The Kier molecular flexibility index (Phi) is 3.41. The summed E-state index contributed by atoms with van der Waals surface area (Å²) < 4.78 is 1.74. The predicted octanol–water partition coefficient (Wildman–Crippen LogP) is 0.999. The van der Waals surface area contributed by atoms with Crippen LogP contribution in [-0.2, 0) is 0 Å². The average Bonchev–Trinajstić information content (AvgIpc) is 3.23. The number of aromatic amines is 2. The molecular formula is C16H16N6O3. The van der Waals surface area contributed by atoms with Crippen molar-refractivity contribution in [3.63, 3.8) is 0 Å². The van der Waals surface area contributed by atoms with Crippen molar-refractivity contribution in [1.29, 1.82) is 0 Å². The summed E-state index contributed by atoms with van der Waals surface area (Å²) in [5.41, 5.74) is 1.90. The molecule has 1 aromatic carbocycles. The number of carbonyl (C=O) groups excluding carboxylic acids is 2. The fourth-order valence-corrected chi connectivity index (χ4v) is 2.79. The molecule has 1 aliphatic rings. The quantitative estimate of drug-likeness (QED) is 0.565. The van der Waals surface area contributed by atoms with E-state index in [1.54, 1.807) is 22.8 Å². The molecule has 3 aromatic rings. The molecule has 2 heterocycles. The van der Waals surface area contributed by atoms with Gasteiger partial charge in [-0.25, -0.2) is 4.79 Å². The first-order chi connectivity index (χ1) is 12.1. The molecule has 0 radical (unpaired) electrons. The summed E-state index contributed by atoms with van der Waals surface area (Å²) in [6.07, 6.45) is 2.00. The number of imidazole rings is 1. The maximum absolute atomic E-state index is 12.4. The van der Waals surface area contributed by atoms with E-state index in [4.69, 9.17) is 0 Å². The summed E-state index contributed by atoms with van der Waals surface area (Å²) in [5, 5.41) is 11.5. The van der Waals surface area contributed by atoms with E-state index in [2.05, 4.69) is 25.8 Å². The first kappa shape index (κ1) is 15.2. The van der Waals surface area contributed by atoms with Gasteiger partial charge in [-0.2, -0.15) is 5.10 Å². The number of fused-ring (bicyclic) bond motifs is 1. The molecule has 2 amide bonds. The van der Waals surface area contributed by atoms with Crippen LogP contribution < -0.4 is 16.3 Å². The summed E-state index contributed by atoms with van der Waals surface area (Å²) in [6, 6.07) is 6.77. The van der Waals surface area contributed by atoms with Gasteiger partial charge in [-0.3, -0.25) is 19.3 Å². The Morgan fingerprint density at radius 1 is 1.24 bits per heavy atom. The second-order valence-corrected chi connectivity index (χ2v) is 5.96. The number of H-pyrrole nitrogens is 2. The number of hydrogen-bond donors (Lipinski definition) is 4. The lowest BCUT2D eigenvalue weighted by molar-refractivity contribution is 0.0957. The number of hydrogen-bond acceptors (Lipinski definition) is 4. The van der Waals surface area contributed by atoms with Crippen LogP contribution in [0, 0.1) is 0 Å². The van der Waals surface area contributed by atoms with E-state index in [1.807, 2.05) is 0 Å². The third kappa shape index (κ3) is 2.69. The fraction of sp³-hybridized carbons (Fsp3) is 0.250. The first-order valence-electron chi connectivity index (χ1n) is 7.90. The van der Waals surface area contributed by atoms with Gasteiger partial charge in [0.15, 0.2) is 5.82 Å². The number of benzene rings is 1. The number of nitrogens with zero attached hydrogens (tertiary/aromatic N) is 2. The zero-order valence-corrected chi connectivity index (χ0v) is 13.4. The molecule has 128 valence electrons. The highest BCUT2D eigenvalue weighted by Crippen LogP contribution is 2.35. The summed E-state index contributed by atoms with van der Waals surface area (Å²) in [6.45, 7) is 0. The van der Waals surface area contributed by atoms with Gasteiger partial charge in [0.25, 0.3) is 11.8 Å². The number of carbonyl (C=O) groups is 2. The zero-order chi connectivity index (χ0) is 17.6. The molecule has 0 spiro atoms. The molecular weight excluding hydrogens is 324 g/mol. The summed E-state index contributed by atoms with van der Waals surface area (Å²) >= 11 is 0. The lowest BCUT2D eigenvalue weighted by atomic mass is 10.2. The smallest absolute Gasteiger partial charge is 0.326 e. The SMILES string of the molecule is CNC(=O)c1cc(NC(=O)c2ccc3c(c2)[nH]c(=O)n3C2CC2)n[nH]1. The fourth-order valence-electron chi connectivity index (χ4n) is 2.79. The van der Waals surface area contributed by atoms with Crippen LogP contribution in [0.2, 0.25) is 0 Å². The molecule has 9 heteroatoms. The second kappa shape index (κ2) is 5.62. The minimum Gasteiger partial charge on any atom is -0.354 e. The Morgan fingerprint density at radius 3 is 2.76 bits per heavy atom. The number of amides is 2. The minimum absolute atomic E-state index is 0.155. The Balaban J connectivity index is 1.58. The number of aromatic nitrogens is 4. The summed E-state index contributed by atoms with van der Waals surface area (Å²) in [5.74, 6) is -0.460. The minimum atomic E-state index is -0.378. The van der Waals surface area contributed by atoms with Gasteiger partial charge in [-0.05, 0) is 31.0 Å². The predicted molar refractivity (Wildman–Crippen MR) is 90.8 cm³/mol. The van der Waals surface area contributed by atoms with Crippen molar-refractivity contribution in [2.45, 2.75) is 18.9 Å². The molecule has 25 heavy (non-hydrogen) atoms. The highest BCUT2D eigenvalue weighted by molar-refractivity contribution is 6.06. The summed E-state index contributed by atoms with van der Waals surface area (Å²) in [7, 11) is 1.51. The van der Waals surface area contributed by atoms with Crippen molar-refractivity contribution in [2.75, 3.05) is 12.4 Å². The molecule has 0 atom stereocenters. The van der Waals surface area contributed by atoms with Crippen LogP contribution in [0.5, 0.6) is 0 Å². The number of nitrogens with one attached hydrogen (secondary N) is 4. The van der Waals surface area contributed by atoms with E-state index in [0.29, 0.717) is 11.1 Å². The van der Waals surface area contributed by atoms with E-state index in [1.165, 1.54) is 13.1 Å². The molecule has 0 saturated heterocycles. The van der Waals surface area contributed by atoms with E-state index >= 15 is 0 Å². The van der Waals surface area contributed by atoms with Crippen LogP contribution in [0.4, 0.5) is 5.82 Å². The molecule has 1 aliphatic carbocycles. The van der Waals surface area contributed by atoms with Gasteiger partial charge in [0.1, 0.15) is 5.69 Å². The third-order valence-electron chi connectivity index (χ3n) is 4.18. The third-order valence-corrected chi connectivity index (χ3v) is 4.18. The van der Waals surface area contributed by atoms with Crippen molar-refractivity contribution in [3.8, 4) is 0 Å². The van der Waals surface area contributed by atoms with E-state index in [9.17, 15) is 14.4 Å². The van der Waals surface area contributed by atoms with Crippen molar-refractivity contribution in [3.05, 3.63) is 46.0 Å². The van der Waals surface area contributed by atoms with Crippen molar-refractivity contribution >= 4 is 28.7 Å². The lowest BCUT2D eigenvalue weighted by Gasteiger charge is -2.03. The van der Waals surface area contributed by atoms with Gasteiger partial charge in [0.2, 0.25) is 0 Å². The maximum Gasteiger partial charge on any atom is 0.326 e. The Bertz CT molecular complexity index is 1040. The first-order valence-corrected chi connectivity index (χ1v) is 7.90. The number of anilines is 1. The van der Waals surface area contributed by atoms with Crippen LogP contribution in [0.25, 0.3) is 11.0 Å². The average molecular weight is 340 g/mol. The van der Waals surface area contributed by atoms with Crippen LogP contribution in [0.15, 0.2) is 29.1 Å². The van der Waals surface area contributed by atoms with Gasteiger partial charge < -0.3 is 15.6 Å². The highest BCUT2D eigenvalue weighted by atomic mass is 16.2. The van der Waals surface area contributed by atoms with Crippen LogP contribution in [-0.4, -0.2) is 38.6 Å². The molecule has 0 bridgehead atoms. The molecule has 9 nitrogen and oxygen atoms in total. The van der Waals surface area contributed by atoms with Gasteiger partial charge in [0.05, 0.1) is 11.0 Å². The van der Waals surface area contributed by atoms with Crippen LogP contribution in [0.3, 0.4) is 0 Å². The van der Waals surface area contributed by atoms with E-state index < -0.39 is 0 Å². The Morgan fingerprint density at radius 2 is 2.04 bits per heavy atom. The van der Waals surface area contributed by atoms with Crippen LogP contribution in [0.1, 0.15) is 39.7 Å². The molecule has 0 aliphatic heterocycles. The van der Waals surface area contributed by atoms with E-state index in [0.717, 1.165) is 18.4 Å². The van der Waals surface area contributed by atoms with Gasteiger partial charge >= 0.3 is 5.69 Å².